The van der Waals surface area contributed by atoms with E-state index in [1.807, 2.05) is 27.7 Å². The maximum Gasteiger partial charge on any atom is 0.313 e. The fourth-order valence-corrected chi connectivity index (χ4v) is 2.16. The lowest BCUT2D eigenvalue weighted by molar-refractivity contribution is -0.386. The highest BCUT2D eigenvalue weighted by molar-refractivity contribution is 5.43. The summed E-state index contributed by atoms with van der Waals surface area (Å²) < 4.78 is 1.73. The van der Waals surface area contributed by atoms with Crippen molar-refractivity contribution >= 4 is 5.69 Å². The third-order valence-electron chi connectivity index (χ3n) is 3.31. The molecule has 102 valence electrons. The third-order valence-corrected chi connectivity index (χ3v) is 3.31. The Morgan fingerprint density at radius 1 is 1.44 bits per heavy atom. The molecule has 6 nitrogen and oxygen atoms in total. The van der Waals surface area contributed by atoms with Crippen molar-refractivity contribution in [2.75, 3.05) is 0 Å². The topological polar surface area (TPSA) is 87.0 Å². The molecule has 2 atom stereocenters. The highest BCUT2D eigenvalue weighted by atomic mass is 16.6. The van der Waals surface area contributed by atoms with Gasteiger partial charge in [-0.15, -0.1) is 0 Å². The average molecular weight is 254 g/mol. The van der Waals surface area contributed by atoms with Crippen molar-refractivity contribution in [3.63, 3.8) is 0 Å². The molecule has 1 aromatic rings. The van der Waals surface area contributed by atoms with Gasteiger partial charge in [-0.3, -0.25) is 14.8 Å². The van der Waals surface area contributed by atoms with Crippen LogP contribution < -0.4 is 5.73 Å². The largest absolute Gasteiger partial charge is 0.327 e. The van der Waals surface area contributed by atoms with Gasteiger partial charge in [-0.1, -0.05) is 13.8 Å². The SMILES string of the molecule is CCC(N)C(C)c1c([N+](=O)[O-])c(C)nn1C(C)C. The van der Waals surface area contributed by atoms with E-state index < -0.39 is 0 Å². The van der Waals surface area contributed by atoms with Gasteiger partial charge in [0.2, 0.25) is 0 Å². The second-order valence-corrected chi connectivity index (χ2v) is 4.98. The molecule has 0 bridgehead atoms. The zero-order valence-corrected chi connectivity index (χ0v) is 11.7. The normalized spacial score (nSPS) is 14.8. The second kappa shape index (κ2) is 5.48. The molecule has 0 saturated carbocycles. The number of nitrogens with zero attached hydrogens (tertiary/aromatic N) is 3. The van der Waals surface area contributed by atoms with Gasteiger partial charge in [0.25, 0.3) is 0 Å². The molecule has 0 amide bonds. The smallest absolute Gasteiger partial charge is 0.313 e. The van der Waals surface area contributed by atoms with Gasteiger partial charge in [0, 0.05) is 18.0 Å². The average Bonchev–Trinajstić information content (AvgIpc) is 2.64. The van der Waals surface area contributed by atoms with E-state index in [0.29, 0.717) is 11.4 Å². The number of rotatable bonds is 5. The summed E-state index contributed by atoms with van der Waals surface area (Å²) in [6, 6.07) is -0.0174. The Bertz CT molecular complexity index is 440. The summed E-state index contributed by atoms with van der Waals surface area (Å²) >= 11 is 0. The van der Waals surface area contributed by atoms with E-state index in [4.69, 9.17) is 5.73 Å². The first-order chi connectivity index (χ1) is 8.31. The Labute approximate surface area is 107 Å². The Kier molecular flexibility index (Phi) is 4.45. The Hall–Kier alpha value is -1.43. The van der Waals surface area contributed by atoms with Crippen molar-refractivity contribution in [1.29, 1.82) is 0 Å². The van der Waals surface area contributed by atoms with Crippen molar-refractivity contribution in [3.8, 4) is 0 Å². The van der Waals surface area contributed by atoms with E-state index in [1.165, 1.54) is 0 Å². The van der Waals surface area contributed by atoms with E-state index in [9.17, 15) is 10.1 Å². The van der Waals surface area contributed by atoms with Gasteiger partial charge in [0.1, 0.15) is 11.4 Å². The maximum absolute atomic E-state index is 11.2. The van der Waals surface area contributed by atoms with Crippen LogP contribution in [0.2, 0.25) is 0 Å². The molecular weight excluding hydrogens is 232 g/mol. The Balaban J connectivity index is 3.41. The lowest BCUT2D eigenvalue weighted by atomic mass is 9.95. The summed E-state index contributed by atoms with van der Waals surface area (Å²) in [6.07, 6.45) is 0.778. The molecule has 0 radical (unpaired) electrons. The van der Waals surface area contributed by atoms with Crippen LogP contribution in [-0.4, -0.2) is 20.7 Å². The Morgan fingerprint density at radius 3 is 2.39 bits per heavy atom. The van der Waals surface area contributed by atoms with E-state index >= 15 is 0 Å². The van der Waals surface area contributed by atoms with Crippen molar-refractivity contribution in [2.45, 2.75) is 59.0 Å². The van der Waals surface area contributed by atoms with Gasteiger partial charge in [0.05, 0.1) is 4.92 Å². The molecule has 0 saturated heterocycles. The molecule has 1 heterocycles. The molecule has 2 N–H and O–H groups in total. The van der Waals surface area contributed by atoms with Gasteiger partial charge in [-0.05, 0) is 27.2 Å². The van der Waals surface area contributed by atoms with Crippen molar-refractivity contribution in [3.05, 3.63) is 21.5 Å². The lowest BCUT2D eigenvalue weighted by Gasteiger charge is -2.20. The van der Waals surface area contributed by atoms with Crippen LogP contribution in [-0.2, 0) is 0 Å². The van der Waals surface area contributed by atoms with Gasteiger partial charge in [0.15, 0.2) is 0 Å². The molecule has 1 aromatic heterocycles. The molecular formula is C12H22N4O2. The number of nitrogens with two attached hydrogens (primary N) is 1. The second-order valence-electron chi connectivity index (χ2n) is 4.98. The van der Waals surface area contributed by atoms with Crippen LogP contribution in [0.25, 0.3) is 0 Å². The van der Waals surface area contributed by atoms with Gasteiger partial charge in [-0.25, -0.2) is 0 Å². The molecule has 0 aliphatic rings. The van der Waals surface area contributed by atoms with Crippen LogP contribution in [0.4, 0.5) is 5.69 Å². The van der Waals surface area contributed by atoms with E-state index in [2.05, 4.69) is 5.10 Å². The van der Waals surface area contributed by atoms with Crippen LogP contribution in [0.1, 0.15) is 57.5 Å². The fourth-order valence-electron chi connectivity index (χ4n) is 2.16. The summed E-state index contributed by atoms with van der Waals surface area (Å²) in [5.41, 5.74) is 7.24. The van der Waals surface area contributed by atoms with Gasteiger partial charge >= 0.3 is 5.69 Å². The first-order valence-electron chi connectivity index (χ1n) is 6.30. The lowest BCUT2D eigenvalue weighted by Crippen LogP contribution is -2.28. The molecule has 2 unspecified atom stereocenters. The Morgan fingerprint density at radius 2 is 2.00 bits per heavy atom. The van der Waals surface area contributed by atoms with Crippen LogP contribution >= 0.6 is 0 Å². The quantitative estimate of drug-likeness (QED) is 0.646. The molecule has 0 aliphatic heterocycles. The van der Waals surface area contributed by atoms with Crippen molar-refractivity contribution in [1.82, 2.24) is 9.78 Å². The van der Waals surface area contributed by atoms with Crippen molar-refractivity contribution < 1.29 is 4.92 Å². The summed E-state index contributed by atoms with van der Waals surface area (Å²) in [4.78, 5) is 10.9. The van der Waals surface area contributed by atoms with E-state index in [-0.39, 0.29) is 28.6 Å². The number of aromatic nitrogens is 2. The number of hydrogen-bond donors (Lipinski definition) is 1. The molecule has 0 fully saturated rings. The minimum Gasteiger partial charge on any atom is -0.327 e. The third kappa shape index (κ3) is 2.53. The standard InChI is InChI=1S/C12H22N4O2/c1-6-10(13)8(4)11-12(16(17)18)9(5)14-15(11)7(2)3/h7-8,10H,6,13H2,1-5H3. The summed E-state index contributed by atoms with van der Waals surface area (Å²) in [5.74, 6) is -0.0843. The van der Waals surface area contributed by atoms with E-state index in [1.54, 1.807) is 11.6 Å². The highest BCUT2D eigenvalue weighted by Crippen LogP contribution is 2.33. The van der Waals surface area contributed by atoms with Crippen LogP contribution in [0.15, 0.2) is 0 Å². The predicted molar refractivity (Wildman–Crippen MR) is 70.7 cm³/mol. The molecule has 0 spiro atoms. The first-order valence-corrected chi connectivity index (χ1v) is 6.30. The van der Waals surface area contributed by atoms with Crippen LogP contribution in [0.5, 0.6) is 0 Å². The first kappa shape index (κ1) is 14.6. The number of hydrogen-bond acceptors (Lipinski definition) is 4. The van der Waals surface area contributed by atoms with Crippen LogP contribution in [0, 0.1) is 17.0 Å². The zero-order valence-electron chi connectivity index (χ0n) is 11.7. The van der Waals surface area contributed by atoms with E-state index in [0.717, 1.165) is 6.42 Å². The number of nitro groups is 1. The zero-order chi connectivity index (χ0) is 14.0. The molecule has 0 aliphatic carbocycles. The summed E-state index contributed by atoms with van der Waals surface area (Å²) in [5, 5.41) is 15.5. The maximum atomic E-state index is 11.2. The van der Waals surface area contributed by atoms with Crippen LogP contribution in [0.3, 0.4) is 0 Å². The highest BCUT2D eigenvalue weighted by Gasteiger charge is 2.31. The molecule has 0 aromatic carbocycles. The minimum atomic E-state index is -0.352. The summed E-state index contributed by atoms with van der Waals surface area (Å²) in [7, 11) is 0. The van der Waals surface area contributed by atoms with Crippen molar-refractivity contribution in [2.24, 2.45) is 5.73 Å². The number of aryl methyl sites for hydroxylation is 1. The molecule has 18 heavy (non-hydrogen) atoms. The monoisotopic (exact) mass is 254 g/mol. The summed E-state index contributed by atoms with van der Waals surface area (Å²) in [6.45, 7) is 9.50. The molecule has 1 rings (SSSR count). The van der Waals surface area contributed by atoms with Gasteiger partial charge < -0.3 is 5.73 Å². The fraction of sp³-hybridized carbons (Fsp3) is 0.750. The predicted octanol–water partition coefficient (Wildman–Crippen LogP) is 2.52. The van der Waals surface area contributed by atoms with Gasteiger partial charge in [-0.2, -0.15) is 5.10 Å². The minimum absolute atomic E-state index is 0.0823. The molecule has 6 heteroatoms.